The van der Waals surface area contributed by atoms with Crippen LogP contribution in [0.2, 0.25) is 5.02 Å². The van der Waals surface area contributed by atoms with Crippen molar-refractivity contribution in [2.24, 2.45) is 0 Å². The molecule has 0 saturated heterocycles. The molecule has 112 valence electrons. The highest BCUT2D eigenvalue weighted by Crippen LogP contribution is 2.24. The van der Waals surface area contributed by atoms with Crippen LogP contribution in [-0.4, -0.2) is 38.3 Å². The number of sulfonamides is 1. The number of carbonyl (C=O) groups is 1. The van der Waals surface area contributed by atoms with E-state index in [9.17, 15) is 13.2 Å². The third-order valence-corrected chi connectivity index (χ3v) is 4.91. The highest BCUT2D eigenvalue weighted by atomic mass is 35.5. The maximum Gasteiger partial charge on any atom is 0.243 e. The molecular weight excluding hydrogens is 302 g/mol. The quantitative estimate of drug-likeness (QED) is 0.767. The Labute approximate surface area is 123 Å². The molecule has 0 aliphatic carbocycles. The molecule has 0 bridgehead atoms. The lowest BCUT2D eigenvalue weighted by Gasteiger charge is -2.20. The Kier molecular flexibility index (Phi) is 5.79. The van der Waals surface area contributed by atoms with E-state index in [1.165, 1.54) is 18.2 Å². The molecule has 1 amide bonds. The molecule has 0 aliphatic rings. The van der Waals surface area contributed by atoms with Gasteiger partial charge < -0.3 is 11.1 Å². The van der Waals surface area contributed by atoms with Crippen molar-refractivity contribution in [2.75, 3.05) is 25.4 Å². The molecule has 0 heterocycles. The van der Waals surface area contributed by atoms with Crippen LogP contribution in [0.1, 0.15) is 13.8 Å². The van der Waals surface area contributed by atoms with Gasteiger partial charge in [-0.05, 0) is 25.1 Å². The molecule has 1 aromatic rings. The van der Waals surface area contributed by atoms with E-state index in [4.69, 9.17) is 17.3 Å². The second kappa shape index (κ2) is 6.92. The van der Waals surface area contributed by atoms with Crippen molar-refractivity contribution in [1.82, 2.24) is 9.62 Å². The fraction of sp³-hybridized carbons (Fsp3) is 0.417. The van der Waals surface area contributed by atoms with E-state index in [0.717, 1.165) is 4.31 Å². The normalized spacial score (nSPS) is 11.6. The van der Waals surface area contributed by atoms with E-state index in [0.29, 0.717) is 6.54 Å². The summed E-state index contributed by atoms with van der Waals surface area (Å²) in [7, 11) is -3.77. The van der Waals surface area contributed by atoms with Gasteiger partial charge in [0, 0.05) is 13.1 Å². The first-order chi connectivity index (χ1) is 9.32. The van der Waals surface area contributed by atoms with Gasteiger partial charge in [-0.3, -0.25) is 4.79 Å². The highest BCUT2D eigenvalue weighted by molar-refractivity contribution is 7.89. The third kappa shape index (κ3) is 3.84. The first kappa shape index (κ1) is 16.7. The van der Waals surface area contributed by atoms with Gasteiger partial charge in [0.1, 0.15) is 0 Å². The van der Waals surface area contributed by atoms with E-state index in [2.05, 4.69) is 5.32 Å². The largest absolute Gasteiger partial charge is 0.397 e. The van der Waals surface area contributed by atoms with Crippen molar-refractivity contribution in [1.29, 1.82) is 0 Å². The third-order valence-electron chi connectivity index (χ3n) is 2.65. The number of rotatable bonds is 6. The van der Waals surface area contributed by atoms with Crippen molar-refractivity contribution in [2.45, 2.75) is 18.7 Å². The maximum atomic E-state index is 12.4. The molecule has 0 unspecified atom stereocenters. The van der Waals surface area contributed by atoms with Gasteiger partial charge in [-0.25, -0.2) is 8.42 Å². The molecule has 0 radical (unpaired) electrons. The molecule has 1 aromatic carbocycles. The summed E-state index contributed by atoms with van der Waals surface area (Å²) < 4.78 is 25.9. The molecular formula is C12H18ClN3O3S. The van der Waals surface area contributed by atoms with Crippen LogP contribution >= 0.6 is 11.6 Å². The minimum absolute atomic E-state index is 0.0190. The number of hydrogen-bond acceptors (Lipinski definition) is 4. The summed E-state index contributed by atoms with van der Waals surface area (Å²) in [6, 6.07) is 4.08. The average molecular weight is 320 g/mol. The Balaban J connectivity index is 3.05. The number of nitrogen functional groups attached to an aromatic ring is 1. The summed E-state index contributed by atoms with van der Waals surface area (Å²) in [4.78, 5) is 11.6. The van der Waals surface area contributed by atoms with Crippen LogP contribution in [0.4, 0.5) is 5.69 Å². The molecule has 20 heavy (non-hydrogen) atoms. The standard InChI is InChI=1S/C12H18ClN3O3S/c1-3-15-12(17)8-16(4-2)20(18,19)9-5-6-10(13)11(14)7-9/h5-7H,3-4,8,14H2,1-2H3,(H,15,17). The smallest absolute Gasteiger partial charge is 0.243 e. The van der Waals surface area contributed by atoms with Crippen LogP contribution in [-0.2, 0) is 14.8 Å². The lowest BCUT2D eigenvalue weighted by molar-refractivity contribution is -0.121. The summed E-state index contributed by atoms with van der Waals surface area (Å²) >= 11 is 5.77. The van der Waals surface area contributed by atoms with E-state index >= 15 is 0 Å². The molecule has 6 nitrogen and oxygen atoms in total. The number of benzene rings is 1. The molecule has 0 saturated carbocycles. The van der Waals surface area contributed by atoms with Crippen molar-refractivity contribution in [3.63, 3.8) is 0 Å². The zero-order valence-electron chi connectivity index (χ0n) is 11.4. The average Bonchev–Trinajstić information content (AvgIpc) is 2.39. The second-order valence-corrected chi connectivity index (χ2v) is 6.41. The first-order valence-electron chi connectivity index (χ1n) is 6.14. The van der Waals surface area contributed by atoms with Gasteiger partial charge in [-0.2, -0.15) is 4.31 Å². The summed E-state index contributed by atoms with van der Waals surface area (Å²) in [6.45, 7) is 3.83. The fourth-order valence-corrected chi connectivity index (χ4v) is 3.17. The van der Waals surface area contributed by atoms with Crippen molar-refractivity contribution in [3.05, 3.63) is 23.2 Å². The number of nitrogens with two attached hydrogens (primary N) is 1. The molecule has 0 aromatic heterocycles. The zero-order chi connectivity index (χ0) is 15.3. The van der Waals surface area contributed by atoms with Crippen LogP contribution in [0.5, 0.6) is 0 Å². The predicted octanol–water partition coefficient (Wildman–Crippen LogP) is 1.07. The zero-order valence-corrected chi connectivity index (χ0v) is 13.0. The highest BCUT2D eigenvalue weighted by Gasteiger charge is 2.25. The van der Waals surface area contributed by atoms with Gasteiger partial charge in [0.05, 0.1) is 22.2 Å². The topological polar surface area (TPSA) is 92.5 Å². The number of hydrogen-bond donors (Lipinski definition) is 2. The molecule has 8 heteroatoms. The molecule has 0 aliphatic heterocycles. The summed E-state index contributed by atoms with van der Waals surface area (Å²) in [6.07, 6.45) is 0. The lowest BCUT2D eigenvalue weighted by atomic mass is 10.3. The van der Waals surface area contributed by atoms with E-state index in [-0.39, 0.29) is 34.6 Å². The number of halogens is 1. The van der Waals surface area contributed by atoms with Crippen LogP contribution in [0.25, 0.3) is 0 Å². The predicted molar refractivity (Wildman–Crippen MR) is 79.0 cm³/mol. The Morgan fingerprint density at radius 2 is 2.05 bits per heavy atom. The van der Waals surface area contributed by atoms with E-state index in [1.807, 2.05) is 0 Å². The minimum atomic E-state index is -3.77. The molecule has 0 atom stereocenters. The van der Waals surface area contributed by atoms with Crippen molar-refractivity contribution < 1.29 is 13.2 Å². The van der Waals surface area contributed by atoms with Gasteiger partial charge in [-0.15, -0.1) is 0 Å². The number of amides is 1. The SMILES string of the molecule is CCNC(=O)CN(CC)S(=O)(=O)c1ccc(Cl)c(N)c1. The van der Waals surface area contributed by atoms with Crippen molar-refractivity contribution in [3.8, 4) is 0 Å². The Morgan fingerprint density at radius 3 is 2.55 bits per heavy atom. The van der Waals surface area contributed by atoms with Crippen LogP contribution in [0.3, 0.4) is 0 Å². The van der Waals surface area contributed by atoms with Crippen LogP contribution < -0.4 is 11.1 Å². The number of nitrogens with one attached hydrogen (secondary N) is 1. The van der Waals surface area contributed by atoms with Gasteiger partial charge in [-0.1, -0.05) is 18.5 Å². The second-order valence-electron chi connectivity index (χ2n) is 4.07. The van der Waals surface area contributed by atoms with Crippen LogP contribution in [0.15, 0.2) is 23.1 Å². The van der Waals surface area contributed by atoms with Gasteiger partial charge in [0.2, 0.25) is 15.9 Å². The summed E-state index contributed by atoms with van der Waals surface area (Å²) in [5.41, 5.74) is 5.80. The summed E-state index contributed by atoms with van der Waals surface area (Å²) in [5, 5.41) is 2.85. The van der Waals surface area contributed by atoms with Crippen LogP contribution in [0, 0.1) is 0 Å². The van der Waals surface area contributed by atoms with Gasteiger partial charge in [0.25, 0.3) is 0 Å². The Morgan fingerprint density at radius 1 is 1.40 bits per heavy atom. The van der Waals surface area contributed by atoms with E-state index in [1.54, 1.807) is 13.8 Å². The lowest BCUT2D eigenvalue weighted by Crippen LogP contribution is -2.40. The minimum Gasteiger partial charge on any atom is -0.397 e. The Bertz CT molecular complexity index is 590. The monoisotopic (exact) mass is 319 g/mol. The molecule has 1 rings (SSSR count). The van der Waals surface area contributed by atoms with E-state index < -0.39 is 10.0 Å². The Hall–Kier alpha value is -1.31. The molecule has 0 fully saturated rings. The maximum absolute atomic E-state index is 12.4. The molecule has 3 N–H and O–H groups in total. The summed E-state index contributed by atoms with van der Waals surface area (Å²) in [5.74, 6) is -0.347. The number of anilines is 1. The number of nitrogens with zero attached hydrogens (tertiary/aromatic N) is 1. The number of carbonyl (C=O) groups excluding carboxylic acids is 1. The van der Waals surface area contributed by atoms with Gasteiger partial charge in [0.15, 0.2) is 0 Å². The molecule has 0 spiro atoms. The number of likely N-dealkylation sites (N-methyl/N-ethyl adjacent to an activating group) is 2. The van der Waals surface area contributed by atoms with Crippen molar-refractivity contribution >= 4 is 33.2 Å². The van der Waals surface area contributed by atoms with Gasteiger partial charge >= 0.3 is 0 Å². The first-order valence-corrected chi connectivity index (χ1v) is 7.96. The fourth-order valence-electron chi connectivity index (χ4n) is 1.61.